The van der Waals surface area contributed by atoms with Crippen molar-refractivity contribution in [3.05, 3.63) is 59.1 Å². The molecule has 0 atom stereocenters. The molecule has 1 amide bonds. The van der Waals surface area contributed by atoms with Crippen LogP contribution >= 0.6 is 11.6 Å². The van der Waals surface area contributed by atoms with Crippen molar-refractivity contribution >= 4 is 39.9 Å². The van der Waals surface area contributed by atoms with Gasteiger partial charge in [0, 0.05) is 42.0 Å². The van der Waals surface area contributed by atoms with Crippen LogP contribution in [-0.2, 0) is 11.2 Å². The van der Waals surface area contributed by atoms with Crippen molar-refractivity contribution in [1.82, 2.24) is 9.97 Å². The van der Waals surface area contributed by atoms with Crippen LogP contribution in [0.3, 0.4) is 0 Å². The van der Waals surface area contributed by atoms with Gasteiger partial charge in [-0.1, -0.05) is 25.4 Å². The lowest BCUT2D eigenvalue weighted by molar-refractivity contribution is -0.116. The average Bonchev–Trinajstić information content (AvgIpc) is 2.71. The fourth-order valence-electron chi connectivity index (χ4n) is 3.12. The predicted octanol–water partition coefficient (Wildman–Crippen LogP) is 5.23. The quantitative estimate of drug-likeness (QED) is 0.548. The molecule has 1 N–H and O–H groups in total. The summed E-state index contributed by atoms with van der Waals surface area (Å²) in [5.41, 5.74) is 1.38. The third-order valence-electron chi connectivity index (χ3n) is 4.53. The van der Waals surface area contributed by atoms with E-state index in [9.17, 15) is 9.18 Å². The summed E-state index contributed by atoms with van der Waals surface area (Å²) in [6.45, 7) is 5.38. The Morgan fingerprint density at radius 3 is 2.55 bits per heavy atom. The monoisotopic (exact) mass is 414 g/mol. The molecule has 1 heterocycles. The van der Waals surface area contributed by atoms with Crippen LogP contribution < -0.4 is 10.2 Å². The molecule has 29 heavy (non-hydrogen) atoms. The Kier molecular flexibility index (Phi) is 6.99. The van der Waals surface area contributed by atoms with Crippen LogP contribution in [0.5, 0.6) is 0 Å². The zero-order valence-electron chi connectivity index (χ0n) is 16.6. The van der Waals surface area contributed by atoms with Gasteiger partial charge >= 0.3 is 0 Å². The van der Waals surface area contributed by atoms with E-state index in [1.165, 1.54) is 12.1 Å². The van der Waals surface area contributed by atoms with Crippen LogP contribution in [0.1, 0.15) is 32.5 Å². The number of fused-ring (bicyclic) bond motifs is 1. The number of hydrogen-bond acceptors (Lipinski definition) is 4. The van der Waals surface area contributed by atoms with Crippen molar-refractivity contribution in [2.45, 2.75) is 33.1 Å². The molecule has 7 heteroatoms. The first kappa shape index (κ1) is 21.0. The van der Waals surface area contributed by atoms with Gasteiger partial charge in [0.15, 0.2) is 0 Å². The van der Waals surface area contributed by atoms with E-state index in [1.54, 1.807) is 12.1 Å². The Morgan fingerprint density at radius 1 is 1.10 bits per heavy atom. The fourth-order valence-corrected chi connectivity index (χ4v) is 3.29. The predicted molar refractivity (Wildman–Crippen MR) is 116 cm³/mol. The molecular weight excluding hydrogens is 391 g/mol. The van der Waals surface area contributed by atoms with Gasteiger partial charge in [0.2, 0.25) is 5.91 Å². The van der Waals surface area contributed by atoms with Crippen molar-refractivity contribution in [3.63, 3.8) is 0 Å². The second kappa shape index (κ2) is 9.65. The summed E-state index contributed by atoms with van der Waals surface area (Å²) in [4.78, 5) is 23.8. The Morgan fingerprint density at radius 2 is 1.86 bits per heavy atom. The van der Waals surface area contributed by atoms with E-state index in [-0.39, 0.29) is 18.1 Å². The first-order valence-electron chi connectivity index (χ1n) is 9.76. The van der Waals surface area contributed by atoms with Crippen LogP contribution in [0.15, 0.2) is 42.5 Å². The molecule has 0 aliphatic carbocycles. The minimum absolute atomic E-state index is 0.130. The van der Waals surface area contributed by atoms with Crippen LogP contribution in [-0.4, -0.2) is 29.0 Å². The number of rotatable bonds is 8. The minimum Gasteiger partial charge on any atom is -0.355 e. The van der Waals surface area contributed by atoms with Gasteiger partial charge in [-0.05, 0) is 48.9 Å². The smallest absolute Gasteiger partial charge is 0.226 e. The lowest BCUT2D eigenvalue weighted by Gasteiger charge is -2.25. The van der Waals surface area contributed by atoms with E-state index in [1.807, 2.05) is 25.1 Å². The van der Waals surface area contributed by atoms with Crippen LogP contribution in [0, 0.1) is 5.82 Å². The number of halogens is 2. The summed E-state index contributed by atoms with van der Waals surface area (Å²) in [5, 5.41) is 4.35. The van der Waals surface area contributed by atoms with Gasteiger partial charge < -0.3 is 10.2 Å². The van der Waals surface area contributed by atoms with E-state index >= 15 is 0 Å². The molecule has 2 aromatic carbocycles. The Labute approximate surface area is 174 Å². The van der Waals surface area contributed by atoms with Crippen molar-refractivity contribution < 1.29 is 9.18 Å². The lowest BCUT2D eigenvalue weighted by Crippen LogP contribution is -2.30. The summed E-state index contributed by atoms with van der Waals surface area (Å²) in [6.07, 6.45) is 1.92. The zero-order valence-corrected chi connectivity index (χ0v) is 17.3. The highest BCUT2D eigenvalue weighted by molar-refractivity contribution is 6.31. The number of aromatic nitrogens is 2. The van der Waals surface area contributed by atoms with E-state index in [0.717, 1.165) is 35.5 Å². The van der Waals surface area contributed by atoms with Gasteiger partial charge in [0.25, 0.3) is 0 Å². The number of benzene rings is 2. The molecular formula is C22H24ClFN4O. The maximum atomic E-state index is 13.0. The Balaban J connectivity index is 1.80. The van der Waals surface area contributed by atoms with E-state index < -0.39 is 0 Å². The summed E-state index contributed by atoms with van der Waals surface area (Å²) < 4.78 is 13.0. The average molecular weight is 415 g/mol. The second-order valence-electron chi connectivity index (χ2n) is 6.77. The number of carbonyl (C=O) groups is 1. The standard InChI is InChI=1S/C22H24ClFN4O/c1-3-12-28(13-11-21(29)25-17-8-6-16(24)7-9-17)22-18-10-5-15(23)14-19(18)26-20(4-2)27-22/h5-10,14H,3-4,11-13H2,1-2H3,(H,25,29). The van der Waals surface area contributed by atoms with Gasteiger partial charge in [0.05, 0.1) is 5.52 Å². The number of amides is 1. The third-order valence-corrected chi connectivity index (χ3v) is 4.77. The molecule has 5 nitrogen and oxygen atoms in total. The molecule has 0 bridgehead atoms. The van der Waals surface area contributed by atoms with Crippen molar-refractivity contribution in [2.24, 2.45) is 0 Å². The van der Waals surface area contributed by atoms with E-state index in [4.69, 9.17) is 16.6 Å². The van der Waals surface area contributed by atoms with E-state index in [0.29, 0.717) is 23.7 Å². The first-order chi connectivity index (χ1) is 14.0. The molecule has 3 rings (SSSR count). The van der Waals surface area contributed by atoms with Gasteiger partial charge in [-0.3, -0.25) is 4.79 Å². The molecule has 0 saturated heterocycles. The van der Waals surface area contributed by atoms with Crippen LogP contribution in [0.25, 0.3) is 10.9 Å². The lowest BCUT2D eigenvalue weighted by atomic mass is 10.2. The number of aryl methyl sites for hydroxylation is 1. The van der Waals surface area contributed by atoms with E-state index in [2.05, 4.69) is 22.1 Å². The van der Waals surface area contributed by atoms with Gasteiger partial charge in [0.1, 0.15) is 17.5 Å². The Hall–Kier alpha value is -2.73. The topological polar surface area (TPSA) is 58.1 Å². The molecule has 0 aliphatic rings. The maximum absolute atomic E-state index is 13.0. The normalized spacial score (nSPS) is 10.9. The minimum atomic E-state index is -0.334. The van der Waals surface area contributed by atoms with Crippen molar-refractivity contribution in [3.8, 4) is 0 Å². The summed E-state index contributed by atoms with van der Waals surface area (Å²) in [7, 11) is 0. The van der Waals surface area contributed by atoms with Crippen LogP contribution in [0.2, 0.25) is 5.02 Å². The molecule has 3 aromatic rings. The number of carbonyl (C=O) groups excluding carboxylic acids is 1. The maximum Gasteiger partial charge on any atom is 0.226 e. The van der Waals surface area contributed by atoms with Crippen molar-refractivity contribution in [2.75, 3.05) is 23.3 Å². The number of anilines is 2. The second-order valence-corrected chi connectivity index (χ2v) is 7.21. The summed E-state index contributed by atoms with van der Waals surface area (Å²) in [6, 6.07) is 11.3. The number of nitrogens with zero attached hydrogens (tertiary/aromatic N) is 3. The molecule has 0 aliphatic heterocycles. The highest BCUT2D eigenvalue weighted by Crippen LogP contribution is 2.27. The summed E-state index contributed by atoms with van der Waals surface area (Å²) in [5.74, 6) is 1.10. The van der Waals surface area contributed by atoms with Crippen molar-refractivity contribution in [1.29, 1.82) is 0 Å². The Bertz CT molecular complexity index is 994. The molecule has 0 fully saturated rings. The van der Waals surface area contributed by atoms with Gasteiger partial charge in [-0.2, -0.15) is 0 Å². The van der Waals surface area contributed by atoms with Gasteiger partial charge in [-0.15, -0.1) is 0 Å². The number of hydrogen-bond donors (Lipinski definition) is 1. The van der Waals surface area contributed by atoms with Gasteiger partial charge in [-0.25, -0.2) is 14.4 Å². The molecule has 0 saturated carbocycles. The fraction of sp³-hybridized carbons (Fsp3) is 0.318. The SMILES string of the molecule is CCCN(CCC(=O)Nc1ccc(F)cc1)c1nc(CC)nc2cc(Cl)ccc12. The molecule has 0 unspecified atom stereocenters. The first-order valence-corrected chi connectivity index (χ1v) is 10.1. The molecule has 0 spiro atoms. The molecule has 152 valence electrons. The number of nitrogens with one attached hydrogen (secondary N) is 1. The largest absolute Gasteiger partial charge is 0.355 e. The molecule has 0 radical (unpaired) electrons. The highest BCUT2D eigenvalue weighted by Gasteiger charge is 2.16. The van der Waals surface area contributed by atoms with Crippen LogP contribution in [0.4, 0.5) is 15.9 Å². The highest BCUT2D eigenvalue weighted by atomic mass is 35.5. The molecule has 1 aromatic heterocycles. The zero-order chi connectivity index (χ0) is 20.8. The summed E-state index contributed by atoms with van der Waals surface area (Å²) >= 11 is 6.15. The third kappa shape index (κ3) is 5.41.